The molecule has 5 nitrogen and oxygen atoms in total. The number of H-pyrrole nitrogens is 1. The van der Waals surface area contributed by atoms with Gasteiger partial charge in [-0.05, 0) is 47.4 Å². The summed E-state index contributed by atoms with van der Waals surface area (Å²) in [5.74, 6) is -0.990. The van der Waals surface area contributed by atoms with Crippen molar-refractivity contribution in [1.82, 2.24) is 4.98 Å². The maximum Gasteiger partial charge on any atom is 0.314 e. The molecule has 3 N–H and O–H groups in total. The topological polar surface area (TPSA) is 85.7 Å². The van der Waals surface area contributed by atoms with Crippen LogP contribution < -0.4 is 0 Å². The van der Waals surface area contributed by atoms with Crippen LogP contribution in [0.2, 0.25) is 5.02 Å². The van der Waals surface area contributed by atoms with Gasteiger partial charge >= 0.3 is 5.97 Å². The molecule has 3 aromatic carbocycles. The summed E-state index contributed by atoms with van der Waals surface area (Å²) >= 11 is 5.96. The molecule has 1 heterocycles. The molecular formula is C25H21ClN2O3. The van der Waals surface area contributed by atoms with E-state index in [0.717, 1.165) is 22.0 Å². The smallest absolute Gasteiger partial charge is 0.314 e. The fourth-order valence-corrected chi connectivity index (χ4v) is 3.97. The molecule has 1 atom stereocenters. The number of carbonyl (C=O) groups is 1. The Morgan fingerprint density at radius 3 is 2.23 bits per heavy atom. The van der Waals surface area contributed by atoms with Crippen LogP contribution in [0.15, 0.2) is 84.1 Å². The molecule has 31 heavy (non-hydrogen) atoms. The lowest BCUT2D eigenvalue weighted by molar-refractivity contribution is -0.142. The summed E-state index contributed by atoms with van der Waals surface area (Å²) in [6, 6.07) is 22.5. The van der Waals surface area contributed by atoms with Gasteiger partial charge in [0.15, 0.2) is 0 Å². The van der Waals surface area contributed by atoms with Crippen molar-refractivity contribution in [3.8, 4) is 11.1 Å². The summed E-state index contributed by atoms with van der Waals surface area (Å²) in [5, 5.41) is 24.8. The third-order valence-corrected chi connectivity index (χ3v) is 5.95. The van der Waals surface area contributed by atoms with Gasteiger partial charge in [0.25, 0.3) is 0 Å². The number of aliphatic carboxylic acids is 1. The number of hydrogen-bond donors (Lipinski definition) is 3. The Balaban J connectivity index is 1.67. The summed E-state index contributed by atoms with van der Waals surface area (Å²) < 4.78 is 0. The van der Waals surface area contributed by atoms with Crippen LogP contribution in [0.25, 0.3) is 22.0 Å². The number of nitrogens with one attached hydrogen (secondary N) is 1. The molecule has 6 heteroatoms. The Kier molecular flexibility index (Phi) is 5.53. The average molecular weight is 433 g/mol. The van der Waals surface area contributed by atoms with E-state index in [1.807, 2.05) is 72.8 Å². The Bertz CT molecular complexity index is 1260. The van der Waals surface area contributed by atoms with Crippen LogP contribution in [0, 0.1) is 0 Å². The molecule has 4 rings (SSSR count). The van der Waals surface area contributed by atoms with Gasteiger partial charge in [-0.25, -0.2) is 0 Å². The summed E-state index contributed by atoms with van der Waals surface area (Å²) in [7, 11) is 0. The predicted octanol–water partition coefficient (Wildman–Crippen LogP) is 6.10. The van der Waals surface area contributed by atoms with E-state index in [1.54, 1.807) is 13.1 Å². The minimum Gasteiger partial charge on any atom is -0.481 e. The molecule has 1 aromatic heterocycles. The van der Waals surface area contributed by atoms with Gasteiger partial charge in [-0.1, -0.05) is 71.4 Å². The Morgan fingerprint density at radius 2 is 1.61 bits per heavy atom. The average Bonchev–Trinajstić information content (AvgIpc) is 3.23. The highest BCUT2D eigenvalue weighted by atomic mass is 35.5. The van der Waals surface area contributed by atoms with Crippen LogP contribution in [0.4, 0.5) is 0 Å². The summed E-state index contributed by atoms with van der Waals surface area (Å²) in [5.41, 5.74) is 3.18. The third kappa shape index (κ3) is 3.92. The number of hydrogen-bond acceptors (Lipinski definition) is 3. The van der Waals surface area contributed by atoms with E-state index >= 15 is 0 Å². The lowest BCUT2D eigenvalue weighted by Gasteiger charge is -2.25. The lowest BCUT2D eigenvalue weighted by atomic mass is 9.77. The van der Waals surface area contributed by atoms with E-state index in [9.17, 15) is 15.1 Å². The molecule has 0 aliphatic heterocycles. The van der Waals surface area contributed by atoms with E-state index in [4.69, 9.17) is 11.6 Å². The second-order valence-electron chi connectivity index (χ2n) is 7.69. The molecule has 1 unspecified atom stereocenters. The second-order valence-corrected chi connectivity index (χ2v) is 8.13. The summed E-state index contributed by atoms with van der Waals surface area (Å²) in [4.78, 5) is 15.5. The third-order valence-electron chi connectivity index (χ3n) is 5.69. The van der Waals surface area contributed by atoms with Crippen LogP contribution in [-0.4, -0.2) is 27.0 Å². The molecule has 0 amide bonds. The molecule has 0 saturated heterocycles. The molecular weight excluding hydrogens is 412 g/mol. The van der Waals surface area contributed by atoms with Crippen molar-refractivity contribution in [3.63, 3.8) is 0 Å². The number of benzene rings is 3. The van der Waals surface area contributed by atoms with Crippen molar-refractivity contribution < 1.29 is 15.1 Å². The first kappa shape index (κ1) is 20.7. The Hall–Kier alpha value is -3.57. The monoisotopic (exact) mass is 432 g/mol. The molecule has 156 valence electrons. The largest absolute Gasteiger partial charge is 0.481 e. The number of nitrogens with zero attached hydrogens (tertiary/aromatic N) is 1. The van der Waals surface area contributed by atoms with Crippen molar-refractivity contribution in [2.24, 2.45) is 5.16 Å². The Morgan fingerprint density at radius 1 is 1.00 bits per heavy atom. The van der Waals surface area contributed by atoms with Crippen LogP contribution in [0.5, 0.6) is 0 Å². The van der Waals surface area contributed by atoms with Gasteiger partial charge in [-0.3, -0.25) is 4.79 Å². The van der Waals surface area contributed by atoms with Gasteiger partial charge in [-0.15, -0.1) is 0 Å². The zero-order chi connectivity index (χ0) is 22.0. The van der Waals surface area contributed by atoms with E-state index in [0.29, 0.717) is 21.9 Å². The van der Waals surface area contributed by atoms with Crippen molar-refractivity contribution in [2.75, 3.05) is 0 Å². The van der Waals surface area contributed by atoms with E-state index < -0.39 is 11.4 Å². The standard InChI is InChI=1S/C25H21ClN2O3/c1-25(24(29)30,21-15-27-22-5-3-2-4-20(21)22)14-23(28-31)18-8-6-16(7-9-18)17-10-12-19(26)13-11-17/h2-13,15,27,31H,14H2,1H3,(H,29,30). The minimum atomic E-state index is -1.28. The SMILES string of the molecule is CC(CC(=NO)c1ccc(-c2ccc(Cl)cc2)cc1)(C(=O)O)c1c[nH]c2ccccc12. The molecule has 0 bridgehead atoms. The van der Waals surface area contributed by atoms with Crippen molar-refractivity contribution in [2.45, 2.75) is 18.8 Å². The number of para-hydroxylation sites is 1. The minimum absolute atomic E-state index is 0.0287. The predicted molar refractivity (Wildman–Crippen MR) is 123 cm³/mol. The van der Waals surface area contributed by atoms with Crippen molar-refractivity contribution in [1.29, 1.82) is 0 Å². The lowest BCUT2D eigenvalue weighted by Crippen LogP contribution is -2.35. The van der Waals surface area contributed by atoms with Crippen molar-refractivity contribution >= 4 is 34.2 Å². The van der Waals surface area contributed by atoms with Crippen LogP contribution in [-0.2, 0) is 10.2 Å². The molecule has 4 aromatic rings. The Labute approximate surface area is 184 Å². The number of aromatic nitrogens is 1. The highest BCUT2D eigenvalue weighted by Gasteiger charge is 2.39. The molecule has 0 fully saturated rings. The maximum atomic E-state index is 12.4. The number of carboxylic acids is 1. The second kappa shape index (κ2) is 8.28. The van der Waals surface area contributed by atoms with Gasteiger partial charge in [0.1, 0.15) is 0 Å². The van der Waals surface area contributed by atoms with E-state index in [1.165, 1.54) is 0 Å². The van der Waals surface area contributed by atoms with Gasteiger partial charge < -0.3 is 15.3 Å². The number of rotatable bonds is 6. The van der Waals surface area contributed by atoms with Gasteiger partial charge in [0, 0.05) is 28.5 Å². The molecule has 0 spiro atoms. The molecule has 0 radical (unpaired) electrons. The zero-order valence-electron chi connectivity index (χ0n) is 16.8. The number of aromatic amines is 1. The molecule has 0 saturated carbocycles. The first-order valence-electron chi connectivity index (χ1n) is 9.79. The van der Waals surface area contributed by atoms with Crippen molar-refractivity contribution in [3.05, 3.63) is 95.1 Å². The van der Waals surface area contributed by atoms with Gasteiger partial charge in [-0.2, -0.15) is 0 Å². The van der Waals surface area contributed by atoms with Crippen LogP contribution >= 0.6 is 11.6 Å². The quantitative estimate of drug-likeness (QED) is 0.195. The van der Waals surface area contributed by atoms with Crippen LogP contribution in [0.3, 0.4) is 0 Å². The summed E-state index contributed by atoms with van der Waals surface area (Å²) in [6.07, 6.45) is 1.75. The summed E-state index contributed by atoms with van der Waals surface area (Å²) in [6.45, 7) is 1.65. The van der Waals surface area contributed by atoms with E-state index in [2.05, 4.69) is 10.1 Å². The normalized spacial score (nSPS) is 13.8. The highest BCUT2D eigenvalue weighted by Crippen LogP contribution is 2.35. The van der Waals surface area contributed by atoms with Gasteiger partial charge in [0.2, 0.25) is 0 Å². The fourth-order valence-electron chi connectivity index (χ4n) is 3.84. The van der Waals surface area contributed by atoms with E-state index in [-0.39, 0.29) is 6.42 Å². The first-order valence-corrected chi connectivity index (χ1v) is 10.2. The number of carboxylic acid groups (broad SMARTS) is 1. The first-order chi connectivity index (χ1) is 14.9. The number of oxime groups is 1. The van der Waals surface area contributed by atoms with Gasteiger partial charge in [0.05, 0.1) is 11.1 Å². The molecule has 0 aliphatic rings. The number of fused-ring (bicyclic) bond motifs is 1. The fraction of sp³-hybridized carbons (Fsp3) is 0.120. The van der Waals surface area contributed by atoms with Crippen LogP contribution in [0.1, 0.15) is 24.5 Å². The highest BCUT2D eigenvalue weighted by molar-refractivity contribution is 6.30. The molecule has 0 aliphatic carbocycles. The number of halogens is 1. The zero-order valence-corrected chi connectivity index (χ0v) is 17.6. The maximum absolute atomic E-state index is 12.4.